The monoisotopic (exact) mass is 312 g/mol. The minimum atomic E-state index is 0.0548. The van der Waals surface area contributed by atoms with E-state index >= 15 is 0 Å². The predicted molar refractivity (Wildman–Crippen MR) is 89.2 cm³/mol. The molecule has 1 aromatic heterocycles. The second kappa shape index (κ2) is 7.19. The molecule has 1 fully saturated rings. The van der Waals surface area contributed by atoms with Gasteiger partial charge in [-0.25, -0.2) is 9.97 Å². The summed E-state index contributed by atoms with van der Waals surface area (Å²) in [6.07, 6.45) is 4.00. The van der Waals surface area contributed by atoms with Crippen molar-refractivity contribution in [1.82, 2.24) is 9.97 Å². The van der Waals surface area contributed by atoms with Crippen LogP contribution < -0.4 is 10.6 Å². The van der Waals surface area contributed by atoms with Crippen molar-refractivity contribution in [3.8, 4) is 0 Å². The number of Topliss-reactive ketones (excluding diaryl/α,β-unsaturated/α-hetero) is 1. The highest BCUT2D eigenvalue weighted by atomic mass is 16.5. The number of ketones is 1. The van der Waals surface area contributed by atoms with Gasteiger partial charge in [0.1, 0.15) is 18.0 Å². The molecule has 23 heavy (non-hydrogen) atoms. The number of hydrogen-bond acceptors (Lipinski definition) is 6. The van der Waals surface area contributed by atoms with Crippen LogP contribution in [0, 0.1) is 0 Å². The molecule has 0 radical (unpaired) electrons. The smallest absolute Gasteiger partial charge is 0.159 e. The topological polar surface area (TPSA) is 76.1 Å². The second-order valence-corrected chi connectivity index (χ2v) is 5.56. The van der Waals surface area contributed by atoms with Gasteiger partial charge in [0.2, 0.25) is 0 Å². The highest BCUT2D eigenvalue weighted by molar-refractivity contribution is 5.94. The molecule has 120 valence electrons. The molecule has 0 bridgehead atoms. The van der Waals surface area contributed by atoms with Crippen LogP contribution in [0.1, 0.15) is 30.1 Å². The molecule has 0 saturated carbocycles. The van der Waals surface area contributed by atoms with E-state index in [1.54, 1.807) is 19.1 Å². The first-order valence-corrected chi connectivity index (χ1v) is 7.76. The van der Waals surface area contributed by atoms with Crippen LogP contribution in [-0.4, -0.2) is 35.0 Å². The van der Waals surface area contributed by atoms with Crippen molar-refractivity contribution in [2.24, 2.45) is 0 Å². The molecule has 3 rings (SSSR count). The summed E-state index contributed by atoms with van der Waals surface area (Å²) >= 11 is 0. The minimum Gasteiger partial charge on any atom is -0.376 e. The van der Waals surface area contributed by atoms with E-state index in [0.717, 1.165) is 37.5 Å². The average Bonchev–Trinajstić information content (AvgIpc) is 3.07. The molecule has 1 aliphatic heterocycles. The number of rotatable bonds is 6. The molecule has 1 aliphatic rings. The maximum absolute atomic E-state index is 11.3. The molecule has 6 heteroatoms. The molecule has 2 N–H and O–H groups in total. The zero-order valence-electron chi connectivity index (χ0n) is 13.1. The number of carbonyl (C=O) groups excluding carboxylic acids is 1. The Morgan fingerprint density at radius 1 is 1.26 bits per heavy atom. The van der Waals surface area contributed by atoms with Crippen molar-refractivity contribution >= 4 is 23.1 Å². The Balaban J connectivity index is 1.61. The van der Waals surface area contributed by atoms with Crippen LogP contribution in [0.15, 0.2) is 36.7 Å². The lowest BCUT2D eigenvalue weighted by Gasteiger charge is -2.12. The van der Waals surface area contributed by atoms with E-state index in [0.29, 0.717) is 11.4 Å². The summed E-state index contributed by atoms with van der Waals surface area (Å²) in [6.45, 7) is 3.15. The lowest BCUT2D eigenvalue weighted by Crippen LogP contribution is -2.19. The van der Waals surface area contributed by atoms with Crippen LogP contribution in [0.4, 0.5) is 17.3 Å². The average molecular weight is 312 g/mol. The van der Waals surface area contributed by atoms with E-state index in [1.165, 1.54) is 6.33 Å². The summed E-state index contributed by atoms with van der Waals surface area (Å²) < 4.78 is 5.58. The van der Waals surface area contributed by atoms with Gasteiger partial charge in [-0.05, 0) is 44.0 Å². The van der Waals surface area contributed by atoms with Gasteiger partial charge in [-0.15, -0.1) is 0 Å². The van der Waals surface area contributed by atoms with Crippen molar-refractivity contribution in [3.63, 3.8) is 0 Å². The molecular formula is C17H20N4O2. The predicted octanol–water partition coefficient (Wildman–Crippen LogP) is 3.01. The van der Waals surface area contributed by atoms with Gasteiger partial charge in [0.25, 0.3) is 0 Å². The lowest BCUT2D eigenvalue weighted by molar-refractivity contribution is 0.101. The van der Waals surface area contributed by atoms with Crippen molar-refractivity contribution in [1.29, 1.82) is 0 Å². The Bertz CT molecular complexity index is 667. The van der Waals surface area contributed by atoms with Crippen LogP contribution >= 0.6 is 0 Å². The number of nitrogens with zero attached hydrogens (tertiary/aromatic N) is 2. The first-order chi connectivity index (χ1) is 11.2. The summed E-state index contributed by atoms with van der Waals surface area (Å²) in [5.41, 5.74) is 1.57. The van der Waals surface area contributed by atoms with Gasteiger partial charge in [0.05, 0.1) is 6.10 Å². The summed E-state index contributed by atoms with van der Waals surface area (Å²) in [5, 5.41) is 6.48. The third-order valence-electron chi connectivity index (χ3n) is 3.77. The standard InChI is InChI=1S/C17H20N4O2/c1-12(22)13-4-6-14(7-5-13)21-17-9-16(19-11-20-17)18-10-15-3-2-8-23-15/h4-7,9,11,15H,2-3,8,10H2,1H3,(H2,18,19,20,21). The number of ether oxygens (including phenoxy) is 1. The Kier molecular flexibility index (Phi) is 4.83. The number of anilines is 3. The summed E-state index contributed by atoms with van der Waals surface area (Å²) in [5.74, 6) is 1.52. The van der Waals surface area contributed by atoms with Gasteiger partial charge in [-0.2, -0.15) is 0 Å². The van der Waals surface area contributed by atoms with Gasteiger partial charge < -0.3 is 15.4 Å². The second-order valence-electron chi connectivity index (χ2n) is 5.56. The Hall–Kier alpha value is -2.47. The van der Waals surface area contributed by atoms with Crippen molar-refractivity contribution in [3.05, 3.63) is 42.2 Å². The van der Waals surface area contributed by atoms with Crippen LogP contribution in [0.2, 0.25) is 0 Å². The van der Waals surface area contributed by atoms with E-state index in [1.807, 2.05) is 18.2 Å². The fraction of sp³-hybridized carbons (Fsp3) is 0.353. The van der Waals surface area contributed by atoms with E-state index in [4.69, 9.17) is 4.74 Å². The Morgan fingerprint density at radius 3 is 2.74 bits per heavy atom. The van der Waals surface area contributed by atoms with Crippen molar-refractivity contribution in [2.45, 2.75) is 25.9 Å². The Labute approximate surface area is 135 Å². The molecule has 0 spiro atoms. The summed E-state index contributed by atoms with van der Waals surface area (Å²) in [7, 11) is 0. The van der Waals surface area contributed by atoms with E-state index in [-0.39, 0.29) is 11.9 Å². The molecule has 0 aliphatic carbocycles. The molecule has 6 nitrogen and oxygen atoms in total. The molecular weight excluding hydrogens is 292 g/mol. The number of hydrogen-bond donors (Lipinski definition) is 2. The third-order valence-corrected chi connectivity index (χ3v) is 3.77. The molecule has 2 heterocycles. The van der Waals surface area contributed by atoms with Crippen LogP contribution in [0.5, 0.6) is 0 Å². The molecule has 1 unspecified atom stereocenters. The highest BCUT2D eigenvalue weighted by Gasteiger charge is 2.15. The largest absolute Gasteiger partial charge is 0.376 e. The number of aromatic nitrogens is 2. The minimum absolute atomic E-state index is 0.0548. The molecule has 1 aromatic carbocycles. The van der Waals surface area contributed by atoms with Crippen LogP contribution in [0.25, 0.3) is 0 Å². The summed E-state index contributed by atoms with van der Waals surface area (Å²) in [4.78, 5) is 19.7. The highest BCUT2D eigenvalue weighted by Crippen LogP contribution is 2.18. The van der Waals surface area contributed by atoms with Crippen LogP contribution in [-0.2, 0) is 4.74 Å². The SMILES string of the molecule is CC(=O)c1ccc(Nc2cc(NCC3CCCO3)ncn2)cc1. The van der Waals surface area contributed by atoms with Crippen molar-refractivity contribution < 1.29 is 9.53 Å². The zero-order chi connectivity index (χ0) is 16.1. The van der Waals surface area contributed by atoms with E-state index in [9.17, 15) is 4.79 Å². The molecule has 2 aromatic rings. The number of nitrogens with one attached hydrogen (secondary N) is 2. The van der Waals surface area contributed by atoms with Gasteiger partial charge in [0, 0.05) is 30.5 Å². The first-order valence-electron chi connectivity index (χ1n) is 7.76. The third kappa shape index (κ3) is 4.26. The number of benzene rings is 1. The maximum atomic E-state index is 11.3. The quantitative estimate of drug-likeness (QED) is 0.799. The summed E-state index contributed by atoms with van der Waals surface area (Å²) in [6, 6.07) is 9.16. The van der Waals surface area contributed by atoms with E-state index < -0.39 is 0 Å². The van der Waals surface area contributed by atoms with Crippen LogP contribution in [0.3, 0.4) is 0 Å². The first kappa shape index (κ1) is 15.4. The van der Waals surface area contributed by atoms with Gasteiger partial charge in [-0.1, -0.05) is 0 Å². The van der Waals surface area contributed by atoms with Gasteiger partial charge in [-0.3, -0.25) is 4.79 Å². The fourth-order valence-corrected chi connectivity index (χ4v) is 2.48. The molecule has 1 atom stereocenters. The van der Waals surface area contributed by atoms with Gasteiger partial charge in [0.15, 0.2) is 5.78 Å². The van der Waals surface area contributed by atoms with E-state index in [2.05, 4.69) is 20.6 Å². The maximum Gasteiger partial charge on any atom is 0.159 e. The zero-order valence-corrected chi connectivity index (χ0v) is 13.1. The lowest BCUT2D eigenvalue weighted by atomic mass is 10.1. The molecule has 1 saturated heterocycles. The normalized spacial score (nSPS) is 17.0. The fourth-order valence-electron chi connectivity index (χ4n) is 2.48. The van der Waals surface area contributed by atoms with Crippen molar-refractivity contribution in [2.75, 3.05) is 23.8 Å². The number of carbonyl (C=O) groups is 1. The Morgan fingerprint density at radius 2 is 2.04 bits per heavy atom. The van der Waals surface area contributed by atoms with Gasteiger partial charge >= 0.3 is 0 Å². The molecule has 0 amide bonds.